The average Bonchev–Trinajstić information content (AvgIpc) is 3.22. The molecule has 1 aliphatic rings. The lowest BCUT2D eigenvalue weighted by Gasteiger charge is -2.16. The van der Waals surface area contributed by atoms with Crippen molar-refractivity contribution in [3.8, 4) is 11.5 Å². The molecule has 2 amide bonds. The third-order valence-electron chi connectivity index (χ3n) is 3.72. The van der Waals surface area contributed by atoms with E-state index < -0.39 is 0 Å². The lowest BCUT2D eigenvalue weighted by Crippen LogP contribution is -2.38. The highest BCUT2D eigenvalue weighted by molar-refractivity contribution is 5.74. The summed E-state index contributed by atoms with van der Waals surface area (Å²) in [6.07, 6.45) is 5.18. The van der Waals surface area contributed by atoms with Crippen LogP contribution in [0, 0.1) is 0 Å². The van der Waals surface area contributed by atoms with E-state index in [-0.39, 0.29) is 11.9 Å². The summed E-state index contributed by atoms with van der Waals surface area (Å²) in [6, 6.07) is 3.69. The van der Waals surface area contributed by atoms with Gasteiger partial charge in [-0.25, -0.2) is 4.79 Å². The van der Waals surface area contributed by atoms with E-state index in [1.807, 2.05) is 19.1 Å². The summed E-state index contributed by atoms with van der Waals surface area (Å²) in [4.78, 5) is 22.2. The molecule has 1 unspecified atom stereocenters. The van der Waals surface area contributed by atoms with E-state index in [4.69, 9.17) is 4.52 Å². The van der Waals surface area contributed by atoms with Crippen LogP contribution < -0.4 is 5.32 Å². The second-order valence-corrected chi connectivity index (χ2v) is 5.36. The van der Waals surface area contributed by atoms with E-state index in [0.717, 1.165) is 24.9 Å². The predicted octanol–water partition coefficient (Wildman–Crippen LogP) is 2.04. The van der Waals surface area contributed by atoms with Gasteiger partial charge in [0.1, 0.15) is 0 Å². The molecule has 0 radical (unpaired) electrons. The van der Waals surface area contributed by atoms with Crippen LogP contribution in [0.3, 0.4) is 0 Å². The zero-order valence-electron chi connectivity index (χ0n) is 12.5. The van der Waals surface area contributed by atoms with Crippen molar-refractivity contribution in [3.05, 3.63) is 30.4 Å². The highest BCUT2D eigenvalue weighted by Crippen LogP contribution is 2.27. The maximum atomic E-state index is 12.0. The number of carbonyl (C=O) groups is 1. The molecule has 2 aromatic rings. The lowest BCUT2D eigenvalue weighted by atomic mass is 10.1. The van der Waals surface area contributed by atoms with Gasteiger partial charge in [0.25, 0.3) is 5.89 Å². The van der Waals surface area contributed by atoms with Gasteiger partial charge < -0.3 is 14.7 Å². The van der Waals surface area contributed by atoms with Crippen LogP contribution in [0.2, 0.25) is 0 Å². The number of rotatable bonds is 4. The minimum absolute atomic E-state index is 0.0136. The highest BCUT2D eigenvalue weighted by Gasteiger charge is 2.30. The fraction of sp³-hybridized carbons (Fsp3) is 0.467. The van der Waals surface area contributed by atoms with Crippen molar-refractivity contribution in [1.82, 2.24) is 25.3 Å². The molecule has 1 aliphatic heterocycles. The van der Waals surface area contributed by atoms with Crippen LogP contribution in [-0.2, 0) is 0 Å². The summed E-state index contributed by atoms with van der Waals surface area (Å²) in [7, 11) is 0. The van der Waals surface area contributed by atoms with E-state index in [9.17, 15) is 4.79 Å². The quantitative estimate of drug-likeness (QED) is 0.934. The van der Waals surface area contributed by atoms with Gasteiger partial charge in [-0.2, -0.15) is 4.98 Å². The molecule has 1 saturated heterocycles. The number of nitrogens with zero attached hydrogens (tertiary/aromatic N) is 4. The first-order valence-electron chi connectivity index (χ1n) is 7.54. The SMILES string of the molecule is CCCNC(=O)N1CCC(c2noc(-c3cccnc3)n2)C1. The molecule has 3 rings (SSSR count). The fourth-order valence-electron chi connectivity index (χ4n) is 2.51. The number of aromatic nitrogens is 3. The Morgan fingerprint density at radius 1 is 1.55 bits per heavy atom. The van der Waals surface area contributed by atoms with Gasteiger partial charge in [0.15, 0.2) is 5.82 Å². The number of urea groups is 1. The smallest absolute Gasteiger partial charge is 0.317 e. The molecule has 7 nitrogen and oxygen atoms in total. The van der Waals surface area contributed by atoms with Crippen molar-refractivity contribution in [1.29, 1.82) is 0 Å². The first-order valence-corrected chi connectivity index (χ1v) is 7.54. The largest absolute Gasteiger partial charge is 0.338 e. The number of likely N-dealkylation sites (tertiary alicyclic amines) is 1. The predicted molar refractivity (Wildman–Crippen MR) is 80.1 cm³/mol. The molecule has 3 heterocycles. The van der Waals surface area contributed by atoms with E-state index in [1.54, 1.807) is 17.3 Å². The number of pyridine rings is 1. The number of carbonyl (C=O) groups excluding carboxylic acids is 1. The molecule has 7 heteroatoms. The minimum Gasteiger partial charge on any atom is -0.338 e. The highest BCUT2D eigenvalue weighted by atomic mass is 16.5. The monoisotopic (exact) mass is 301 g/mol. The molecule has 0 bridgehead atoms. The molecule has 116 valence electrons. The van der Waals surface area contributed by atoms with Gasteiger partial charge in [0.2, 0.25) is 0 Å². The summed E-state index contributed by atoms with van der Waals surface area (Å²) < 4.78 is 5.30. The number of amides is 2. The van der Waals surface area contributed by atoms with Gasteiger partial charge in [-0.1, -0.05) is 12.1 Å². The summed E-state index contributed by atoms with van der Waals surface area (Å²) >= 11 is 0. The Bertz CT molecular complexity index is 628. The maximum Gasteiger partial charge on any atom is 0.317 e. The number of hydrogen-bond donors (Lipinski definition) is 1. The summed E-state index contributed by atoms with van der Waals surface area (Å²) in [6.45, 7) is 4.08. The van der Waals surface area contributed by atoms with Crippen LogP contribution >= 0.6 is 0 Å². The third-order valence-corrected chi connectivity index (χ3v) is 3.72. The maximum absolute atomic E-state index is 12.0. The third kappa shape index (κ3) is 3.08. The van der Waals surface area contributed by atoms with Crippen LogP contribution in [0.15, 0.2) is 29.0 Å². The van der Waals surface area contributed by atoms with Gasteiger partial charge in [0, 0.05) is 37.9 Å². The summed E-state index contributed by atoms with van der Waals surface area (Å²) in [5.41, 5.74) is 0.803. The first-order chi connectivity index (χ1) is 10.8. The van der Waals surface area contributed by atoms with Crippen molar-refractivity contribution in [2.24, 2.45) is 0 Å². The number of hydrogen-bond acceptors (Lipinski definition) is 5. The van der Waals surface area contributed by atoms with Crippen molar-refractivity contribution >= 4 is 6.03 Å². The van der Waals surface area contributed by atoms with Crippen LogP contribution in [-0.4, -0.2) is 45.7 Å². The van der Waals surface area contributed by atoms with Crippen LogP contribution in [0.1, 0.15) is 31.5 Å². The average molecular weight is 301 g/mol. The molecule has 1 atom stereocenters. The molecule has 1 fully saturated rings. The summed E-state index contributed by atoms with van der Waals surface area (Å²) in [5.74, 6) is 1.25. The summed E-state index contributed by atoms with van der Waals surface area (Å²) in [5, 5.41) is 6.95. The Kier molecular flexibility index (Phi) is 4.32. The van der Waals surface area contributed by atoms with Crippen LogP contribution in [0.25, 0.3) is 11.5 Å². The second-order valence-electron chi connectivity index (χ2n) is 5.36. The molecule has 1 N–H and O–H groups in total. The van der Waals surface area contributed by atoms with Crippen molar-refractivity contribution < 1.29 is 9.32 Å². The van der Waals surface area contributed by atoms with Crippen molar-refractivity contribution in [2.45, 2.75) is 25.7 Å². The van der Waals surface area contributed by atoms with E-state index >= 15 is 0 Å². The molecule has 0 aromatic carbocycles. The lowest BCUT2D eigenvalue weighted by molar-refractivity contribution is 0.208. The van der Waals surface area contributed by atoms with E-state index in [2.05, 4.69) is 20.4 Å². The van der Waals surface area contributed by atoms with E-state index in [0.29, 0.717) is 24.8 Å². The molecule has 0 spiro atoms. The normalized spacial score (nSPS) is 17.7. The Morgan fingerprint density at radius 2 is 2.45 bits per heavy atom. The molecular formula is C15H19N5O2. The Labute approximate surface area is 128 Å². The first kappa shape index (κ1) is 14.5. The topological polar surface area (TPSA) is 84.2 Å². The molecule has 22 heavy (non-hydrogen) atoms. The van der Waals surface area contributed by atoms with E-state index in [1.165, 1.54) is 0 Å². The van der Waals surface area contributed by atoms with Crippen molar-refractivity contribution in [3.63, 3.8) is 0 Å². The van der Waals surface area contributed by atoms with Crippen LogP contribution in [0.4, 0.5) is 4.79 Å². The molecule has 0 saturated carbocycles. The van der Waals surface area contributed by atoms with Crippen molar-refractivity contribution in [2.75, 3.05) is 19.6 Å². The Balaban J connectivity index is 1.64. The van der Waals surface area contributed by atoms with Gasteiger partial charge in [-0.05, 0) is 25.0 Å². The molecular weight excluding hydrogens is 282 g/mol. The van der Waals surface area contributed by atoms with Crippen LogP contribution in [0.5, 0.6) is 0 Å². The second kappa shape index (κ2) is 6.55. The minimum atomic E-state index is -0.0136. The zero-order valence-corrected chi connectivity index (χ0v) is 12.5. The van der Waals surface area contributed by atoms with Gasteiger partial charge in [-0.15, -0.1) is 0 Å². The zero-order chi connectivity index (χ0) is 15.4. The Hall–Kier alpha value is -2.44. The standard InChI is InChI=1S/C15H19N5O2/c1-2-6-17-15(21)20-8-5-12(10-20)13-18-14(22-19-13)11-4-3-7-16-9-11/h3-4,7,9,12H,2,5-6,8,10H2,1H3,(H,17,21). The Morgan fingerprint density at radius 3 is 3.23 bits per heavy atom. The van der Waals surface area contributed by atoms with Gasteiger partial charge >= 0.3 is 6.03 Å². The molecule has 2 aromatic heterocycles. The number of nitrogens with one attached hydrogen (secondary N) is 1. The van der Waals surface area contributed by atoms with Gasteiger partial charge in [0.05, 0.1) is 5.56 Å². The molecule has 0 aliphatic carbocycles. The van der Waals surface area contributed by atoms with Gasteiger partial charge in [-0.3, -0.25) is 4.98 Å². The fourth-order valence-corrected chi connectivity index (χ4v) is 2.51.